The summed E-state index contributed by atoms with van der Waals surface area (Å²) in [6, 6.07) is 6.61. The third-order valence-corrected chi connectivity index (χ3v) is 3.02. The van der Waals surface area contributed by atoms with Crippen LogP contribution in [0.15, 0.2) is 18.2 Å². The maximum absolute atomic E-state index is 5.64. The molecule has 1 heterocycles. The van der Waals surface area contributed by atoms with E-state index in [9.17, 15) is 0 Å². The molecule has 2 nitrogen and oxygen atoms in total. The first-order valence-corrected chi connectivity index (χ1v) is 5.36. The van der Waals surface area contributed by atoms with Crippen molar-refractivity contribution in [3.63, 3.8) is 0 Å². The molecule has 1 aromatic carbocycles. The molecule has 0 bridgehead atoms. The SMILES string of the molecule is Cc1cc(N2CCCC2)ccc1CN. The van der Waals surface area contributed by atoms with Gasteiger partial charge in [-0.2, -0.15) is 0 Å². The molecular weight excluding hydrogens is 172 g/mol. The van der Waals surface area contributed by atoms with E-state index in [-0.39, 0.29) is 0 Å². The van der Waals surface area contributed by atoms with Gasteiger partial charge in [-0.3, -0.25) is 0 Å². The highest BCUT2D eigenvalue weighted by atomic mass is 15.1. The Morgan fingerprint density at radius 1 is 1.29 bits per heavy atom. The molecule has 2 heteroatoms. The average Bonchev–Trinajstić information content (AvgIpc) is 2.70. The average molecular weight is 190 g/mol. The van der Waals surface area contributed by atoms with Gasteiger partial charge < -0.3 is 10.6 Å². The zero-order valence-corrected chi connectivity index (χ0v) is 8.79. The van der Waals surface area contributed by atoms with E-state index in [2.05, 4.69) is 30.0 Å². The summed E-state index contributed by atoms with van der Waals surface area (Å²) >= 11 is 0. The largest absolute Gasteiger partial charge is 0.372 e. The summed E-state index contributed by atoms with van der Waals surface area (Å²) < 4.78 is 0. The maximum Gasteiger partial charge on any atom is 0.0369 e. The highest BCUT2D eigenvalue weighted by Crippen LogP contribution is 2.22. The highest BCUT2D eigenvalue weighted by Gasteiger charge is 2.12. The quantitative estimate of drug-likeness (QED) is 0.773. The fourth-order valence-corrected chi connectivity index (χ4v) is 2.08. The zero-order valence-electron chi connectivity index (χ0n) is 8.79. The first kappa shape index (κ1) is 9.53. The van der Waals surface area contributed by atoms with Gasteiger partial charge in [0, 0.05) is 25.3 Å². The smallest absolute Gasteiger partial charge is 0.0369 e. The number of nitrogens with zero attached hydrogens (tertiary/aromatic N) is 1. The van der Waals surface area contributed by atoms with Crippen LogP contribution in [0.5, 0.6) is 0 Å². The van der Waals surface area contributed by atoms with Crippen molar-refractivity contribution in [2.45, 2.75) is 26.3 Å². The second-order valence-electron chi connectivity index (χ2n) is 4.01. The van der Waals surface area contributed by atoms with Crippen molar-refractivity contribution >= 4 is 5.69 Å². The lowest BCUT2D eigenvalue weighted by atomic mass is 10.1. The lowest BCUT2D eigenvalue weighted by Crippen LogP contribution is -2.17. The molecule has 0 spiro atoms. The number of aryl methyl sites for hydroxylation is 1. The van der Waals surface area contributed by atoms with Crippen molar-refractivity contribution in [2.75, 3.05) is 18.0 Å². The minimum atomic E-state index is 0.645. The molecule has 2 N–H and O–H groups in total. The summed E-state index contributed by atoms with van der Waals surface area (Å²) in [5.74, 6) is 0. The van der Waals surface area contributed by atoms with E-state index in [0.29, 0.717) is 6.54 Å². The van der Waals surface area contributed by atoms with Gasteiger partial charge in [0.05, 0.1) is 0 Å². The Morgan fingerprint density at radius 2 is 2.00 bits per heavy atom. The van der Waals surface area contributed by atoms with Gasteiger partial charge in [0.1, 0.15) is 0 Å². The van der Waals surface area contributed by atoms with E-state index < -0.39 is 0 Å². The Labute approximate surface area is 85.7 Å². The topological polar surface area (TPSA) is 29.3 Å². The van der Waals surface area contributed by atoms with Crippen molar-refractivity contribution in [2.24, 2.45) is 5.73 Å². The highest BCUT2D eigenvalue weighted by molar-refractivity contribution is 5.51. The van der Waals surface area contributed by atoms with Crippen LogP contribution in [0.2, 0.25) is 0 Å². The second kappa shape index (κ2) is 4.01. The predicted molar refractivity (Wildman–Crippen MR) is 60.5 cm³/mol. The molecule has 0 unspecified atom stereocenters. The van der Waals surface area contributed by atoms with E-state index >= 15 is 0 Å². The molecule has 14 heavy (non-hydrogen) atoms. The number of hydrogen-bond acceptors (Lipinski definition) is 2. The van der Waals surface area contributed by atoms with Gasteiger partial charge in [-0.1, -0.05) is 6.07 Å². The monoisotopic (exact) mass is 190 g/mol. The fourth-order valence-electron chi connectivity index (χ4n) is 2.08. The Hall–Kier alpha value is -1.02. The van der Waals surface area contributed by atoms with Crippen LogP contribution in [0.25, 0.3) is 0 Å². The van der Waals surface area contributed by atoms with Crippen LogP contribution in [0.3, 0.4) is 0 Å². The minimum absolute atomic E-state index is 0.645. The van der Waals surface area contributed by atoms with E-state index in [0.717, 1.165) is 0 Å². The van der Waals surface area contributed by atoms with Gasteiger partial charge >= 0.3 is 0 Å². The molecule has 1 aromatic rings. The first-order chi connectivity index (χ1) is 6.81. The van der Waals surface area contributed by atoms with Crippen molar-refractivity contribution in [3.8, 4) is 0 Å². The summed E-state index contributed by atoms with van der Waals surface area (Å²) in [7, 11) is 0. The molecule has 0 aromatic heterocycles. The third kappa shape index (κ3) is 1.75. The van der Waals surface area contributed by atoms with E-state index in [1.165, 1.54) is 42.7 Å². The molecule has 0 aliphatic carbocycles. The van der Waals surface area contributed by atoms with Crippen molar-refractivity contribution in [3.05, 3.63) is 29.3 Å². The van der Waals surface area contributed by atoms with Crippen LogP contribution in [0, 0.1) is 6.92 Å². The third-order valence-electron chi connectivity index (χ3n) is 3.02. The Bertz CT molecular complexity index is 314. The molecule has 1 aliphatic rings. The summed E-state index contributed by atoms with van der Waals surface area (Å²) in [5, 5.41) is 0. The second-order valence-corrected chi connectivity index (χ2v) is 4.01. The predicted octanol–water partition coefficient (Wildman–Crippen LogP) is 2.05. The molecule has 1 fully saturated rings. The van der Waals surface area contributed by atoms with Crippen molar-refractivity contribution < 1.29 is 0 Å². The number of anilines is 1. The standard InChI is InChI=1S/C12H18N2/c1-10-8-12(5-4-11(10)9-13)14-6-2-3-7-14/h4-5,8H,2-3,6-7,9,13H2,1H3. The van der Waals surface area contributed by atoms with E-state index in [1.807, 2.05) is 0 Å². The van der Waals surface area contributed by atoms with Crippen LogP contribution in [0.4, 0.5) is 5.69 Å². The molecule has 76 valence electrons. The Balaban J connectivity index is 2.23. The summed E-state index contributed by atoms with van der Waals surface area (Å²) in [5.41, 5.74) is 9.57. The number of rotatable bonds is 2. The normalized spacial score (nSPS) is 16.3. The van der Waals surface area contributed by atoms with Gasteiger partial charge in [-0.15, -0.1) is 0 Å². The van der Waals surface area contributed by atoms with Crippen LogP contribution in [0.1, 0.15) is 24.0 Å². The zero-order chi connectivity index (χ0) is 9.97. The van der Waals surface area contributed by atoms with Crippen molar-refractivity contribution in [1.29, 1.82) is 0 Å². The van der Waals surface area contributed by atoms with Crippen LogP contribution < -0.4 is 10.6 Å². The Kier molecular flexibility index (Phi) is 2.73. The number of benzene rings is 1. The van der Waals surface area contributed by atoms with Gasteiger partial charge in [0.15, 0.2) is 0 Å². The van der Waals surface area contributed by atoms with Crippen LogP contribution in [-0.4, -0.2) is 13.1 Å². The first-order valence-electron chi connectivity index (χ1n) is 5.36. The summed E-state index contributed by atoms with van der Waals surface area (Å²) in [6.07, 6.45) is 2.66. The molecular formula is C12H18N2. The molecule has 0 radical (unpaired) electrons. The molecule has 1 saturated heterocycles. The van der Waals surface area contributed by atoms with Gasteiger partial charge in [0.25, 0.3) is 0 Å². The maximum atomic E-state index is 5.64. The summed E-state index contributed by atoms with van der Waals surface area (Å²) in [6.45, 7) is 5.21. The van der Waals surface area contributed by atoms with Crippen molar-refractivity contribution in [1.82, 2.24) is 0 Å². The lowest BCUT2D eigenvalue weighted by Gasteiger charge is -2.18. The molecule has 1 aliphatic heterocycles. The number of nitrogens with two attached hydrogens (primary N) is 1. The Morgan fingerprint density at radius 3 is 2.57 bits per heavy atom. The minimum Gasteiger partial charge on any atom is -0.372 e. The fraction of sp³-hybridized carbons (Fsp3) is 0.500. The molecule has 2 rings (SSSR count). The van der Waals surface area contributed by atoms with E-state index in [1.54, 1.807) is 0 Å². The van der Waals surface area contributed by atoms with Gasteiger partial charge in [-0.25, -0.2) is 0 Å². The van der Waals surface area contributed by atoms with Crippen LogP contribution in [-0.2, 0) is 6.54 Å². The number of hydrogen-bond donors (Lipinski definition) is 1. The lowest BCUT2D eigenvalue weighted by molar-refractivity contribution is 0.949. The summed E-state index contributed by atoms with van der Waals surface area (Å²) in [4.78, 5) is 2.45. The molecule has 0 atom stereocenters. The van der Waals surface area contributed by atoms with Crippen LogP contribution >= 0.6 is 0 Å². The van der Waals surface area contributed by atoms with E-state index in [4.69, 9.17) is 5.73 Å². The molecule has 0 amide bonds. The van der Waals surface area contributed by atoms with Gasteiger partial charge in [0.2, 0.25) is 0 Å². The molecule has 0 saturated carbocycles. The van der Waals surface area contributed by atoms with Gasteiger partial charge in [-0.05, 0) is 43.0 Å².